The standard InChI is InChI=1S/C17H19N5O2S/c1-11-3-5-12(6-4-11)22(2)14-8-7-13-15(20-14)25-17(19-13)21-16(24)18-9-10-23/h3-8,23H,9-10H2,1-2H3,(H2,18,19,21,24). The number of aromatic nitrogens is 2. The van der Waals surface area contributed by atoms with Crippen molar-refractivity contribution in [3.8, 4) is 0 Å². The van der Waals surface area contributed by atoms with Gasteiger partial charge in [-0.15, -0.1) is 0 Å². The van der Waals surface area contributed by atoms with E-state index in [0.717, 1.165) is 21.9 Å². The fourth-order valence-electron chi connectivity index (χ4n) is 2.26. The zero-order valence-electron chi connectivity index (χ0n) is 14.0. The van der Waals surface area contributed by atoms with E-state index >= 15 is 0 Å². The SMILES string of the molecule is Cc1ccc(N(C)c2ccc3nc(NC(=O)NCCO)sc3n2)cc1. The lowest BCUT2D eigenvalue weighted by molar-refractivity contribution is 0.245. The quantitative estimate of drug-likeness (QED) is 0.653. The van der Waals surface area contributed by atoms with Crippen LogP contribution in [-0.4, -0.2) is 41.3 Å². The van der Waals surface area contributed by atoms with Crippen LogP contribution in [-0.2, 0) is 0 Å². The number of hydrogen-bond acceptors (Lipinski definition) is 6. The van der Waals surface area contributed by atoms with Crippen molar-refractivity contribution < 1.29 is 9.90 Å². The Balaban J connectivity index is 1.80. The molecule has 2 heterocycles. The summed E-state index contributed by atoms with van der Waals surface area (Å²) in [6.07, 6.45) is 0. The van der Waals surface area contributed by atoms with E-state index in [0.29, 0.717) is 5.13 Å². The number of hydrogen-bond donors (Lipinski definition) is 3. The van der Waals surface area contributed by atoms with Gasteiger partial charge in [0, 0.05) is 19.3 Å². The van der Waals surface area contributed by atoms with E-state index in [2.05, 4.69) is 39.7 Å². The molecule has 0 fully saturated rings. The third kappa shape index (κ3) is 4.04. The third-order valence-corrected chi connectivity index (χ3v) is 4.50. The van der Waals surface area contributed by atoms with Crippen molar-refractivity contribution in [3.05, 3.63) is 42.0 Å². The van der Waals surface area contributed by atoms with Gasteiger partial charge >= 0.3 is 6.03 Å². The maximum absolute atomic E-state index is 11.6. The van der Waals surface area contributed by atoms with E-state index in [9.17, 15) is 4.79 Å². The second-order valence-electron chi connectivity index (χ2n) is 5.51. The summed E-state index contributed by atoms with van der Waals surface area (Å²) >= 11 is 1.30. The maximum Gasteiger partial charge on any atom is 0.321 e. The highest BCUT2D eigenvalue weighted by Gasteiger charge is 2.11. The Hall–Kier alpha value is -2.71. The zero-order valence-corrected chi connectivity index (χ0v) is 14.8. The molecular formula is C17H19N5O2S. The van der Waals surface area contributed by atoms with Gasteiger partial charge in [0.05, 0.1) is 6.61 Å². The summed E-state index contributed by atoms with van der Waals surface area (Å²) in [4.78, 5) is 23.4. The van der Waals surface area contributed by atoms with Gasteiger partial charge in [0.2, 0.25) is 0 Å². The molecule has 0 saturated carbocycles. The number of rotatable bonds is 5. The fraction of sp³-hybridized carbons (Fsp3) is 0.235. The van der Waals surface area contributed by atoms with Gasteiger partial charge in [0.1, 0.15) is 16.2 Å². The first-order valence-electron chi connectivity index (χ1n) is 7.80. The number of aliphatic hydroxyl groups excluding tert-OH is 1. The number of anilines is 3. The van der Waals surface area contributed by atoms with Crippen LogP contribution in [0, 0.1) is 6.92 Å². The number of urea groups is 1. The second kappa shape index (κ2) is 7.45. The van der Waals surface area contributed by atoms with Crippen LogP contribution in [0.3, 0.4) is 0 Å². The van der Waals surface area contributed by atoms with Crippen molar-refractivity contribution in [3.63, 3.8) is 0 Å². The average molecular weight is 357 g/mol. The molecule has 3 rings (SSSR count). The molecule has 8 heteroatoms. The van der Waals surface area contributed by atoms with Crippen molar-refractivity contribution >= 4 is 44.4 Å². The molecule has 7 nitrogen and oxygen atoms in total. The third-order valence-electron chi connectivity index (χ3n) is 3.62. The summed E-state index contributed by atoms with van der Waals surface area (Å²) in [6.45, 7) is 2.14. The molecule has 0 radical (unpaired) electrons. The van der Waals surface area contributed by atoms with Crippen LogP contribution in [0.25, 0.3) is 10.3 Å². The van der Waals surface area contributed by atoms with Crippen molar-refractivity contribution in [1.82, 2.24) is 15.3 Å². The molecule has 0 unspecified atom stereocenters. The van der Waals surface area contributed by atoms with Crippen LogP contribution in [0.5, 0.6) is 0 Å². The molecule has 130 valence electrons. The number of carbonyl (C=O) groups is 1. The first-order valence-corrected chi connectivity index (χ1v) is 8.62. The summed E-state index contributed by atoms with van der Waals surface area (Å²) in [5.41, 5.74) is 2.98. The van der Waals surface area contributed by atoms with E-state index in [1.807, 2.05) is 36.2 Å². The maximum atomic E-state index is 11.6. The van der Waals surface area contributed by atoms with Crippen molar-refractivity contribution in [1.29, 1.82) is 0 Å². The highest BCUT2D eigenvalue weighted by atomic mass is 32.1. The Morgan fingerprint density at radius 3 is 2.68 bits per heavy atom. The minimum Gasteiger partial charge on any atom is -0.395 e. The molecule has 3 N–H and O–H groups in total. The molecular weight excluding hydrogens is 338 g/mol. The summed E-state index contributed by atoms with van der Waals surface area (Å²) in [6, 6.07) is 11.6. The lowest BCUT2D eigenvalue weighted by atomic mass is 10.2. The predicted octanol–water partition coefficient (Wildman–Crippen LogP) is 2.88. The summed E-state index contributed by atoms with van der Waals surface area (Å²) in [5.74, 6) is 0.802. The molecule has 2 aromatic heterocycles. The van der Waals surface area contributed by atoms with Crippen LogP contribution in [0.2, 0.25) is 0 Å². The first-order chi connectivity index (χ1) is 12.1. The van der Waals surface area contributed by atoms with Crippen LogP contribution in [0.1, 0.15) is 5.56 Å². The molecule has 0 spiro atoms. The first kappa shape index (κ1) is 17.1. The fourth-order valence-corrected chi connectivity index (χ4v) is 3.09. The average Bonchev–Trinajstić information content (AvgIpc) is 3.01. The number of fused-ring (bicyclic) bond motifs is 1. The molecule has 0 bridgehead atoms. The normalized spacial score (nSPS) is 10.7. The van der Waals surface area contributed by atoms with E-state index in [4.69, 9.17) is 5.11 Å². The molecule has 0 saturated heterocycles. The highest BCUT2D eigenvalue weighted by Crippen LogP contribution is 2.29. The molecule has 0 aliphatic rings. The molecule has 25 heavy (non-hydrogen) atoms. The molecule has 3 aromatic rings. The topological polar surface area (TPSA) is 90.4 Å². The van der Waals surface area contributed by atoms with E-state index < -0.39 is 6.03 Å². The number of aliphatic hydroxyl groups is 1. The minimum absolute atomic E-state index is 0.108. The Morgan fingerprint density at radius 1 is 1.20 bits per heavy atom. The number of nitrogens with one attached hydrogen (secondary N) is 2. The number of benzene rings is 1. The van der Waals surface area contributed by atoms with Gasteiger partial charge < -0.3 is 15.3 Å². The summed E-state index contributed by atoms with van der Waals surface area (Å²) in [5, 5.41) is 14.3. The highest BCUT2D eigenvalue weighted by molar-refractivity contribution is 7.22. The Morgan fingerprint density at radius 2 is 1.96 bits per heavy atom. The van der Waals surface area contributed by atoms with Crippen LogP contribution >= 0.6 is 11.3 Å². The number of pyridine rings is 1. The molecule has 0 aliphatic heterocycles. The van der Waals surface area contributed by atoms with Crippen molar-refractivity contribution in [2.45, 2.75) is 6.92 Å². The number of amides is 2. The van der Waals surface area contributed by atoms with Gasteiger partial charge in [-0.25, -0.2) is 14.8 Å². The number of aryl methyl sites for hydroxylation is 1. The van der Waals surface area contributed by atoms with Crippen LogP contribution in [0.15, 0.2) is 36.4 Å². The van der Waals surface area contributed by atoms with Gasteiger partial charge in [-0.1, -0.05) is 29.0 Å². The number of carbonyl (C=O) groups excluding carboxylic acids is 1. The second-order valence-corrected chi connectivity index (χ2v) is 6.49. The lowest BCUT2D eigenvalue weighted by Gasteiger charge is -2.18. The monoisotopic (exact) mass is 357 g/mol. The van der Waals surface area contributed by atoms with E-state index in [-0.39, 0.29) is 13.2 Å². The van der Waals surface area contributed by atoms with Crippen molar-refractivity contribution in [2.24, 2.45) is 0 Å². The van der Waals surface area contributed by atoms with E-state index in [1.54, 1.807) is 0 Å². The Labute approximate surface area is 149 Å². The van der Waals surface area contributed by atoms with E-state index in [1.165, 1.54) is 16.9 Å². The van der Waals surface area contributed by atoms with Crippen LogP contribution in [0.4, 0.5) is 21.4 Å². The van der Waals surface area contributed by atoms with Crippen molar-refractivity contribution in [2.75, 3.05) is 30.4 Å². The summed E-state index contributed by atoms with van der Waals surface area (Å²) in [7, 11) is 1.96. The predicted molar refractivity (Wildman–Crippen MR) is 101 cm³/mol. The minimum atomic E-state index is -0.398. The van der Waals surface area contributed by atoms with Gasteiger partial charge in [0.15, 0.2) is 5.13 Å². The van der Waals surface area contributed by atoms with Gasteiger partial charge in [-0.3, -0.25) is 5.32 Å². The number of thiazole rings is 1. The van der Waals surface area contributed by atoms with Gasteiger partial charge in [-0.05, 0) is 31.2 Å². The lowest BCUT2D eigenvalue weighted by Crippen LogP contribution is -2.30. The van der Waals surface area contributed by atoms with Gasteiger partial charge in [0.25, 0.3) is 0 Å². The number of nitrogens with zero attached hydrogens (tertiary/aromatic N) is 3. The molecule has 2 amide bonds. The zero-order chi connectivity index (χ0) is 17.8. The molecule has 0 aliphatic carbocycles. The largest absolute Gasteiger partial charge is 0.395 e. The smallest absolute Gasteiger partial charge is 0.321 e. The van der Waals surface area contributed by atoms with Crippen LogP contribution < -0.4 is 15.5 Å². The molecule has 1 aromatic carbocycles. The Bertz CT molecular complexity index is 878. The molecule has 0 atom stereocenters. The van der Waals surface area contributed by atoms with Gasteiger partial charge in [-0.2, -0.15) is 0 Å². The Kier molecular flexibility index (Phi) is 5.11. The summed E-state index contributed by atoms with van der Waals surface area (Å²) < 4.78 is 0.